The highest BCUT2D eigenvalue weighted by Gasteiger charge is 1.99. The first-order valence-corrected chi connectivity index (χ1v) is 6.37. The minimum Gasteiger partial charge on any atom is -0.325 e. The van der Waals surface area contributed by atoms with E-state index in [4.69, 9.17) is 11.3 Å². The van der Waals surface area contributed by atoms with E-state index in [0.29, 0.717) is 0 Å². The van der Waals surface area contributed by atoms with Gasteiger partial charge in [-0.25, -0.2) is 10.8 Å². The molecule has 0 bridgehead atoms. The minimum absolute atomic E-state index is 0.0701. The largest absolute Gasteiger partial charge is 0.325 e. The maximum Gasteiger partial charge on any atom is 0.207 e. The van der Waals surface area contributed by atoms with Gasteiger partial charge >= 0.3 is 0 Å². The normalized spacial score (nSPS) is 10.1. The lowest BCUT2D eigenvalue weighted by molar-refractivity contribution is 0.925. The number of aryl methyl sites for hydroxylation is 2. The van der Waals surface area contributed by atoms with Crippen LogP contribution in [-0.4, -0.2) is 10.9 Å². The van der Waals surface area contributed by atoms with Gasteiger partial charge in [0.05, 0.1) is 5.69 Å². The van der Waals surface area contributed by atoms with Crippen molar-refractivity contribution in [3.63, 3.8) is 0 Å². The van der Waals surface area contributed by atoms with Crippen molar-refractivity contribution in [2.24, 2.45) is 5.84 Å². The number of hydrogen-bond donors (Lipinski definition) is 4. The van der Waals surface area contributed by atoms with Gasteiger partial charge in [0.25, 0.3) is 0 Å². The van der Waals surface area contributed by atoms with Crippen LogP contribution in [0, 0.1) is 10.9 Å². The third-order valence-electron chi connectivity index (χ3n) is 2.47. The first-order valence-electron chi connectivity index (χ1n) is 5.49. The third-order valence-corrected chi connectivity index (χ3v) is 3.06. The Balaban J connectivity index is 1.89. The summed E-state index contributed by atoms with van der Waals surface area (Å²) >= 11 is 1.50. The molecule has 0 unspecified atom stereocenters. The predicted molar refractivity (Wildman–Crippen MR) is 73.5 cm³/mol. The van der Waals surface area contributed by atoms with Gasteiger partial charge in [-0.3, -0.25) is 10.8 Å². The van der Waals surface area contributed by atoms with E-state index in [0.717, 1.165) is 24.2 Å². The van der Waals surface area contributed by atoms with Crippen LogP contribution in [0.2, 0.25) is 0 Å². The number of nitrogens with zero attached hydrogens (tertiary/aromatic N) is 1. The Morgan fingerprint density at radius 2 is 2.11 bits per heavy atom. The second kappa shape index (κ2) is 6.13. The van der Waals surface area contributed by atoms with Crippen molar-refractivity contribution >= 4 is 23.0 Å². The van der Waals surface area contributed by atoms with Gasteiger partial charge in [-0.15, -0.1) is 11.3 Å². The number of hydrazine groups is 1. The fourth-order valence-corrected chi connectivity index (χ4v) is 2.06. The van der Waals surface area contributed by atoms with E-state index in [1.54, 1.807) is 0 Å². The molecule has 6 heteroatoms. The number of hydrogen-bond acceptors (Lipinski definition) is 4. The number of benzene rings is 1. The van der Waals surface area contributed by atoms with Crippen LogP contribution < -0.4 is 16.6 Å². The van der Waals surface area contributed by atoms with Crippen molar-refractivity contribution in [1.82, 2.24) is 10.4 Å². The summed E-state index contributed by atoms with van der Waals surface area (Å²) in [5, 5.41) is 12.2. The van der Waals surface area contributed by atoms with Crippen LogP contribution in [0.3, 0.4) is 0 Å². The zero-order valence-corrected chi connectivity index (χ0v) is 10.6. The van der Waals surface area contributed by atoms with Crippen molar-refractivity contribution in [1.29, 1.82) is 5.41 Å². The van der Waals surface area contributed by atoms with Crippen LogP contribution in [0.4, 0.5) is 5.69 Å². The Hall–Kier alpha value is -1.92. The number of nitrogens with two attached hydrogens (primary N) is 1. The molecule has 0 aliphatic carbocycles. The summed E-state index contributed by atoms with van der Waals surface area (Å²) in [5.74, 6) is 5.18. The molecule has 0 atom stereocenters. The molecule has 1 aromatic carbocycles. The molecule has 5 N–H and O–H groups in total. The lowest BCUT2D eigenvalue weighted by Crippen LogP contribution is -2.35. The summed E-state index contributed by atoms with van der Waals surface area (Å²) in [6, 6.07) is 7.91. The van der Waals surface area contributed by atoms with Gasteiger partial charge in [0.1, 0.15) is 0 Å². The lowest BCUT2D eigenvalue weighted by Gasteiger charge is -2.07. The maximum atomic E-state index is 7.35. The minimum atomic E-state index is 0.0701. The number of rotatable bonds is 4. The van der Waals surface area contributed by atoms with Crippen LogP contribution in [0.15, 0.2) is 29.6 Å². The van der Waals surface area contributed by atoms with Crippen LogP contribution in [0.5, 0.6) is 0 Å². The van der Waals surface area contributed by atoms with E-state index < -0.39 is 0 Å². The molecule has 0 spiro atoms. The van der Waals surface area contributed by atoms with Crippen LogP contribution >= 0.6 is 11.3 Å². The summed E-state index contributed by atoms with van der Waals surface area (Å²) in [5.41, 5.74) is 8.23. The van der Waals surface area contributed by atoms with Gasteiger partial charge in [-0.2, -0.15) is 0 Å². The monoisotopic (exact) mass is 260 g/mol. The molecule has 0 fully saturated rings. The van der Waals surface area contributed by atoms with Crippen LogP contribution in [-0.2, 0) is 12.8 Å². The first-order chi connectivity index (χ1) is 8.78. The molecule has 2 rings (SSSR count). The van der Waals surface area contributed by atoms with Gasteiger partial charge in [0.15, 0.2) is 5.51 Å². The van der Waals surface area contributed by atoms with E-state index >= 15 is 0 Å². The molecular weight excluding hydrogens is 246 g/mol. The number of anilines is 1. The fourth-order valence-electron chi connectivity index (χ4n) is 1.53. The SMILES string of the molecule is N=C(NN)Nc1ccc(CCc2cs[c]n2)cc1. The van der Waals surface area contributed by atoms with Crippen LogP contribution in [0.1, 0.15) is 11.3 Å². The average Bonchev–Trinajstić information content (AvgIpc) is 2.91. The van der Waals surface area contributed by atoms with Gasteiger partial charge in [0, 0.05) is 11.1 Å². The molecule has 0 aliphatic rings. The molecule has 1 aromatic heterocycles. The number of aromatic nitrogens is 1. The van der Waals surface area contributed by atoms with Gasteiger partial charge in [-0.05, 0) is 30.5 Å². The highest BCUT2D eigenvalue weighted by atomic mass is 32.1. The number of guanidine groups is 1. The van der Waals surface area contributed by atoms with Crippen LogP contribution in [0.25, 0.3) is 0 Å². The molecule has 0 amide bonds. The number of nitrogens with one attached hydrogen (secondary N) is 3. The summed E-state index contributed by atoms with van der Waals surface area (Å²) in [6.07, 6.45) is 1.87. The van der Waals surface area contributed by atoms with E-state index in [1.807, 2.05) is 29.6 Å². The molecule has 18 heavy (non-hydrogen) atoms. The van der Waals surface area contributed by atoms with Crippen molar-refractivity contribution in [3.8, 4) is 0 Å². The second-order valence-electron chi connectivity index (χ2n) is 3.77. The Bertz CT molecular complexity index is 492. The van der Waals surface area contributed by atoms with E-state index in [1.165, 1.54) is 16.9 Å². The fraction of sp³-hybridized carbons (Fsp3) is 0.167. The molecule has 0 saturated heterocycles. The smallest absolute Gasteiger partial charge is 0.207 e. The molecule has 0 aliphatic heterocycles. The third kappa shape index (κ3) is 3.54. The summed E-state index contributed by atoms with van der Waals surface area (Å²) in [4.78, 5) is 4.13. The van der Waals surface area contributed by atoms with Crippen molar-refractivity contribution in [2.45, 2.75) is 12.8 Å². The summed E-state index contributed by atoms with van der Waals surface area (Å²) in [7, 11) is 0. The lowest BCUT2D eigenvalue weighted by atomic mass is 10.1. The molecular formula is C12H14N5S. The molecule has 2 aromatic rings. The quantitative estimate of drug-likeness (QED) is 0.291. The maximum absolute atomic E-state index is 7.35. The molecule has 93 valence electrons. The standard InChI is InChI=1S/C12H14N5S/c13-12(17-14)16-10-4-1-9(2-5-10)3-6-11-7-18-8-15-11/h1-2,4-5,7H,3,6,14H2,(H3,13,16,17). The zero-order chi connectivity index (χ0) is 12.8. The Morgan fingerprint density at radius 1 is 1.33 bits per heavy atom. The Kier molecular flexibility index (Phi) is 4.27. The topological polar surface area (TPSA) is 86.8 Å². The van der Waals surface area contributed by atoms with E-state index in [2.05, 4.69) is 21.2 Å². The molecule has 1 heterocycles. The van der Waals surface area contributed by atoms with E-state index in [9.17, 15) is 0 Å². The molecule has 1 radical (unpaired) electrons. The summed E-state index contributed by atoms with van der Waals surface area (Å²) < 4.78 is 0. The van der Waals surface area contributed by atoms with Gasteiger partial charge in [-0.1, -0.05) is 12.1 Å². The van der Waals surface area contributed by atoms with Crippen molar-refractivity contribution < 1.29 is 0 Å². The second-order valence-corrected chi connectivity index (χ2v) is 4.43. The van der Waals surface area contributed by atoms with Crippen molar-refractivity contribution in [2.75, 3.05) is 5.32 Å². The van der Waals surface area contributed by atoms with E-state index in [-0.39, 0.29) is 5.96 Å². The van der Waals surface area contributed by atoms with Gasteiger partial charge in [0.2, 0.25) is 5.96 Å². The average molecular weight is 260 g/mol. The van der Waals surface area contributed by atoms with Gasteiger partial charge < -0.3 is 5.32 Å². The highest BCUT2D eigenvalue weighted by molar-refractivity contribution is 7.07. The zero-order valence-electron chi connectivity index (χ0n) is 9.73. The Morgan fingerprint density at radius 3 is 2.72 bits per heavy atom. The highest BCUT2D eigenvalue weighted by Crippen LogP contribution is 2.12. The predicted octanol–water partition coefficient (Wildman–Crippen LogP) is 1.54. The van der Waals surface area contributed by atoms with Crippen molar-refractivity contribution in [3.05, 3.63) is 46.4 Å². The molecule has 5 nitrogen and oxygen atoms in total. The number of thiazole rings is 1. The molecule has 0 saturated carbocycles. The summed E-state index contributed by atoms with van der Waals surface area (Å²) in [6.45, 7) is 0. The Labute approximate surface area is 110 Å². The first kappa shape index (κ1) is 12.5.